The average Bonchev–Trinajstić information content (AvgIpc) is 2.26. The first-order valence-corrected chi connectivity index (χ1v) is 4.19. The predicted octanol–water partition coefficient (Wildman–Crippen LogP) is 2.44. The first-order chi connectivity index (χ1) is 7.27. The lowest BCUT2D eigenvalue weighted by molar-refractivity contribution is 0.628. The summed E-state index contributed by atoms with van der Waals surface area (Å²) in [6, 6.07) is 7.13. The Labute approximate surface area is 85.8 Å². The van der Waals surface area contributed by atoms with Crippen LogP contribution in [-0.2, 0) is 0 Å². The Kier molecular flexibility index (Phi) is 3.95. The SMILES string of the molecule is N#CC(CN=[N+]=[N-])Nc1ccccc1F. The van der Waals surface area contributed by atoms with Crippen molar-refractivity contribution in [3.63, 3.8) is 0 Å². The minimum absolute atomic E-state index is 0.0403. The van der Waals surface area contributed by atoms with Crippen LogP contribution in [0.15, 0.2) is 29.4 Å². The first kappa shape index (κ1) is 10.8. The molecular formula is C9H8FN5. The van der Waals surface area contributed by atoms with E-state index in [0.717, 1.165) is 0 Å². The van der Waals surface area contributed by atoms with Crippen LogP contribution in [0.2, 0.25) is 0 Å². The van der Waals surface area contributed by atoms with Crippen LogP contribution in [0, 0.1) is 17.1 Å². The Hall–Kier alpha value is -2.25. The van der Waals surface area contributed by atoms with Crippen molar-refractivity contribution in [3.8, 4) is 6.07 Å². The Morgan fingerprint density at radius 3 is 2.93 bits per heavy atom. The molecule has 0 spiro atoms. The zero-order chi connectivity index (χ0) is 11.1. The van der Waals surface area contributed by atoms with Crippen molar-refractivity contribution in [2.45, 2.75) is 6.04 Å². The molecule has 0 fully saturated rings. The maximum Gasteiger partial charge on any atom is 0.146 e. The van der Waals surface area contributed by atoms with E-state index in [1.165, 1.54) is 12.1 Å². The molecule has 1 aromatic rings. The number of anilines is 1. The van der Waals surface area contributed by atoms with E-state index in [2.05, 4.69) is 15.3 Å². The van der Waals surface area contributed by atoms with Crippen molar-refractivity contribution in [1.82, 2.24) is 0 Å². The van der Waals surface area contributed by atoms with Gasteiger partial charge in [-0.2, -0.15) is 5.26 Å². The van der Waals surface area contributed by atoms with Crippen molar-refractivity contribution in [3.05, 3.63) is 40.5 Å². The molecule has 0 radical (unpaired) electrons. The van der Waals surface area contributed by atoms with E-state index in [1.807, 2.05) is 6.07 Å². The largest absolute Gasteiger partial charge is 0.367 e. The second-order valence-corrected chi connectivity index (χ2v) is 2.72. The highest BCUT2D eigenvalue weighted by atomic mass is 19.1. The van der Waals surface area contributed by atoms with Crippen LogP contribution in [0.1, 0.15) is 0 Å². The summed E-state index contributed by atoms with van der Waals surface area (Å²) in [7, 11) is 0. The molecule has 0 amide bonds. The molecule has 5 nitrogen and oxygen atoms in total. The van der Waals surface area contributed by atoms with Crippen LogP contribution in [0.5, 0.6) is 0 Å². The molecule has 76 valence electrons. The maximum atomic E-state index is 13.1. The molecule has 1 N–H and O–H groups in total. The summed E-state index contributed by atoms with van der Waals surface area (Å²) in [4.78, 5) is 2.53. The summed E-state index contributed by atoms with van der Waals surface area (Å²) in [5.74, 6) is -0.446. The summed E-state index contributed by atoms with van der Waals surface area (Å²) < 4.78 is 13.1. The fraction of sp³-hybridized carbons (Fsp3) is 0.222. The molecule has 1 atom stereocenters. The standard InChI is InChI=1S/C9H8FN5/c10-8-3-1-2-4-9(8)14-7(5-11)6-13-15-12/h1-4,7,14H,6H2. The topological polar surface area (TPSA) is 84.6 Å². The minimum atomic E-state index is -0.724. The van der Waals surface area contributed by atoms with Gasteiger partial charge in [0.1, 0.15) is 11.9 Å². The zero-order valence-corrected chi connectivity index (χ0v) is 7.76. The smallest absolute Gasteiger partial charge is 0.146 e. The molecule has 0 saturated heterocycles. The summed E-state index contributed by atoms with van der Waals surface area (Å²) in [5, 5.41) is 14.6. The van der Waals surface area contributed by atoms with E-state index >= 15 is 0 Å². The number of benzene rings is 1. The lowest BCUT2D eigenvalue weighted by Crippen LogP contribution is -2.20. The van der Waals surface area contributed by atoms with Crippen LogP contribution in [0.4, 0.5) is 10.1 Å². The normalized spacial score (nSPS) is 10.9. The van der Waals surface area contributed by atoms with Gasteiger partial charge >= 0.3 is 0 Å². The van der Waals surface area contributed by atoms with Crippen molar-refractivity contribution in [2.24, 2.45) is 5.11 Å². The highest BCUT2D eigenvalue weighted by Crippen LogP contribution is 2.13. The van der Waals surface area contributed by atoms with Crippen LogP contribution >= 0.6 is 0 Å². The lowest BCUT2D eigenvalue weighted by Gasteiger charge is -2.10. The van der Waals surface area contributed by atoms with Gasteiger partial charge in [-0.1, -0.05) is 17.2 Å². The van der Waals surface area contributed by atoms with Gasteiger partial charge < -0.3 is 5.32 Å². The predicted molar refractivity (Wildman–Crippen MR) is 53.4 cm³/mol. The van der Waals surface area contributed by atoms with Gasteiger partial charge in [-0.15, -0.1) is 0 Å². The van der Waals surface area contributed by atoms with E-state index in [1.54, 1.807) is 12.1 Å². The molecule has 0 saturated carbocycles. The second-order valence-electron chi connectivity index (χ2n) is 2.72. The average molecular weight is 205 g/mol. The number of rotatable bonds is 4. The Morgan fingerprint density at radius 1 is 1.60 bits per heavy atom. The molecule has 0 heterocycles. The van der Waals surface area contributed by atoms with Gasteiger partial charge in [-0.3, -0.25) is 0 Å². The van der Waals surface area contributed by atoms with Crippen molar-refractivity contribution in [1.29, 1.82) is 5.26 Å². The van der Waals surface area contributed by atoms with Crippen LogP contribution in [0.25, 0.3) is 10.4 Å². The molecule has 6 heteroatoms. The van der Waals surface area contributed by atoms with Gasteiger partial charge in [0, 0.05) is 4.91 Å². The van der Waals surface area contributed by atoms with Crippen LogP contribution < -0.4 is 5.32 Å². The van der Waals surface area contributed by atoms with Crippen molar-refractivity contribution < 1.29 is 4.39 Å². The second kappa shape index (κ2) is 5.47. The quantitative estimate of drug-likeness (QED) is 0.465. The van der Waals surface area contributed by atoms with E-state index in [-0.39, 0.29) is 12.2 Å². The number of nitrogens with one attached hydrogen (secondary N) is 1. The number of halogens is 1. The van der Waals surface area contributed by atoms with Gasteiger partial charge in [0.05, 0.1) is 18.3 Å². The number of hydrogen-bond donors (Lipinski definition) is 1. The first-order valence-electron chi connectivity index (χ1n) is 4.19. The fourth-order valence-electron chi connectivity index (χ4n) is 1.00. The van der Waals surface area contributed by atoms with Gasteiger partial charge in [-0.05, 0) is 17.7 Å². The van der Waals surface area contributed by atoms with Crippen molar-refractivity contribution >= 4 is 5.69 Å². The summed E-state index contributed by atoms with van der Waals surface area (Å²) in [6.07, 6.45) is 0. The van der Waals surface area contributed by atoms with Gasteiger partial charge in [0.15, 0.2) is 0 Å². The third kappa shape index (κ3) is 3.18. The molecule has 0 aliphatic rings. The molecule has 0 aromatic heterocycles. The number of nitriles is 1. The minimum Gasteiger partial charge on any atom is -0.367 e. The molecule has 15 heavy (non-hydrogen) atoms. The highest BCUT2D eigenvalue weighted by Gasteiger charge is 2.07. The highest BCUT2D eigenvalue weighted by molar-refractivity contribution is 5.46. The summed E-state index contributed by atoms with van der Waals surface area (Å²) in [5.41, 5.74) is 8.30. The number of azide groups is 1. The van der Waals surface area contributed by atoms with E-state index in [9.17, 15) is 4.39 Å². The molecule has 1 rings (SSSR count). The Balaban J connectivity index is 2.72. The van der Waals surface area contributed by atoms with Gasteiger partial charge in [0.25, 0.3) is 0 Å². The number of para-hydroxylation sites is 1. The summed E-state index contributed by atoms with van der Waals surface area (Å²) in [6.45, 7) is -0.0403. The zero-order valence-electron chi connectivity index (χ0n) is 7.76. The van der Waals surface area contributed by atoms with Gasteiger partial charge in [0.2, 0.25) is 0 Å². The monoisotopic (exact) mass is 205 g/mol. The molecular weight excluding hydrogens is 197 g/mol. The van der Waals surface area contributed by atoms with E-state index in [0.29, 0.717) is 0 Å². The molecule has 1 aromatic carbocycles. The third-order valence-electron chi connectivity index (χ3n) is 1.69. The molecule has 1 unspecified atom stereocenters. The number of hydrogen-bond acceptors (Lipinski definition) is 3. The Bertz CT molecular complexity index is 419. The maximum absolute atomic E-state index is 13.1. The number of nitrogens with zero attached hydrogens (tertiary/aromatic N) is 4. The fourth-order valence-corrected chi connectivity index (χ4v) is 1.00. The van der Waals surface area contributed by atoms with Crippen LogP contribution in [-0.4, -0.2) is 12.6 Å². The Morgan fingerprint density at radius 2 is 2.33 bits per heavy atom. The molecule has 0 aliphatic carbocycles. The van der Waals surface area contributed by atoms with E-state index in [4.69, 9.17) is 10.8 Å². The lowest BCUT2D eigenvalue weighted by atomic mass is 10.2. The molecule has 0 bridgehead atoms. The van der Waals surface area contributed by atoms with Gasteiger partial charge in [-0.25, -0.2) is 4.39 Å². The third-order valence-corrected chi connectivity index (χ3v) is 1.69. The van der Waals surface area contributed by atoms with Crippen molar-refractivity contribution in [2.75, 3.05) is 11.9 Å². The summed E-state index contributed by atoms with van der Waals surface area (Å²) >= 11 is 0. The van der Waals surface area contributed by atoms with E-state index < -0.39 is 11.9 Å². The molecule has 0 aliphatic heterocycles. The van der Waals surface area contributed by atoms with Crippen LogP contribution in [0.3, 0.4) is 0 Å².